The van der Waals surface area contributed by atoms with E-state index in [4.69, 9.17) is 5.73 Å². The molecule has 0 aromatic heterocycles. The number of rotatable bonds is 4. The molecule has 2 heteroatoms. The van der Waals surface area contributed by atoms with Crippen molar-refractivity contribution >= 4 is 0 Å². The second kappa shape index (κ2) is 8.88. The number of hydrogen-bond acceptors (Lipinski definition) is 1. The van der Waals surface area contributed by atoms with Crippen molar-refractivity contribution in [3.8, 4) is 0 Å². The van der Waals surface area contributed by atoms with Crippen LogP contribution in [-0.2, 0) is 27.3 Å². The SMILES string of the molecule is CC[C-](CC)CCN.[Cd]. The summed E-state index contributed by atoms with van der Waals surface area (Å²) in [7, 11) is 0. The summed E-state index contributed by atoms with van der Waals surface area (Å²) in [6, 6.07) is 0. The van der Waals surface area contributed by atoms with E-state index in [-0.39, 0.29) is 27.3 Å². The van der Waals surface area contributed by atoms with E-state index in [9.17, 15) is 0 Å². The molecular weight excluding hydrogens is 210 g/mol. The Morgan fingerprint density at radius 1 is 1.22 bits per heavy atom. The van der Waals surface area contributed by atoms with E-state index in [1.165, 1.54) is 12.8 Å². The van der Waals surface area contributed by atoms with Crippen LogP contribution in [0.3, 0.4) is 0 Å². The predicted molar refractivity (Wildman–Crippen MR) is 37.5 cm³/mol. The quantitative estimate of drug-likeness (QED) is 0.573. The summed E-state index contributed by atoms with van der Waals surface area (Å²) < 4.78 is 0. The average Bonchev–Trinajstić information content (AvgIpc) is 1.83. The first kappa shape index (κ1) is 12.5. The molecular formula is C7H16CdN-. The molecule has 0 heterocycles. The first-order valence-corrected chi connectivity index (χ1v) is 3.38. The third-order valence-electron chi connectivity index (χ3n) is 1.50. The fourth-order valence-electron chi connectivity index (χ4n) is 0.808. The Labute approximate surface area is 78.6 Å². The Morgan fingerprint density at radius 2 is 1.67 bits per heavy atom. The van der Waals surface area contributed by atoms with Crippen molar-refractivity contribution in [3.05, 3.63) is 5.92 Å². The summed E-state index contributed by atoms with van der Waals surface area (Å²) in [4.78, 5) is 0. The molecule has 0 spiro atoms. The summed E-state index contributed by atoms with van der Waals surface area (Å²) in [5.74, 6) is 1.59. The largest absolute Gasteiger partial charge is 0.333 e. The van der Waals surface area contributed by atoms with Gasteiger partial charge in [0.25, 0.3) is 0 Å². The van der Waals surface area contributed by atoms with E-state index in [1.54, 1.807) is 5.92 Å². The molecule has 0 amide bonds. The zero-order valence-corrected chi connectivity index (χ0v) is 10.6. The Hall–Kier alpha value is 0.882. The van der Waals surface area contributed by atoms with Crippen LogP contribution in [0.25, 0.3) is 0 Å². The van der Waals surface area contributed by atoms with Crippen molar-refractivity contribution in [3.63, 3.8) is 0 Å². The molecule has 0 aromatic carbocycles. The monoisotopic (exact) mass is 228 g/mol. The third-order valence-corrected chi connectivity index (χ3v) is 1.50. The summed E-state index contributed by atoms with van der Waals surface area (Å²) in [5, 5.41) is 0. The van der Waals surface area contributed by atoms with Crippen molar-refractivity contribution in [1.82, 2.24) is 0 Å². The van der Waals surface area contributed by atoms with Crippen LogP contribution in [-0.4, -0.2) is 6.54 Å². The summed E-state index contributed by atoms with van der Waals surface area (Å²) in [6.07, 6.45) is 3.52. The number of nitrogens with two attached hydrogens (primary N) is 1. The van der Waals surface area contributed by atoms with Crippen LogP contribution >= 0.6 is 0 Å². The third kappa shape index (κ3) is 6.77. The molecule has 0 radical (unpaired) electrons. The zero-order chi connectivity index (χ0) is 6.41. The molecule has 0 unspecified atom stereocenters. The summed E-state index contributed by atoms with van der Waals surface area (Å²) >= 11 is 0. The van der Waals surface area contributed by atoms with Crippen molar-refractivity contribution in [2.75, 3.05) is 6.54 Å². The maximum atomic E-state index is 5.36. The smallest absolute Gasteiger partial charge is 0 e. The fourth-order valence-corrected chi connectivity index (χ4v) is 0.808. The summed E-state index contributed by atoms with van der Waals surface area (Å²) in [6.45, 7) is 5.19. The van der Waals surface area contributed by atoms with E-state index >= 15 is 0 Å². The first-order valence-electron chi connectivity index (χ1n) is 3.38. The van der Waals surface area contributed by atoms with Gasteiger partial charge in [0.15, 0.2) is 0 Å². The molecule has 0 bridgehead atoms. The van der Waals surface area contributed by atoms with Crippen molar-refractivity contribution in [1.29, 1.82) is 0 Å². The van der Waals surface area contributed by atoms with Gasteiger partial charge in [0, 0.05) is 27.3 Å². The van der Waals surface area contributed by atoms with Crippen molar-refractivity contribution < 1.29 is 27.3 Å². The van der Waals surface area contributed by atoms with Crippen LogP contribution in [0.1, 0.15) is 33.1 Å². The van der Waals surface area contributed by atoms with Gasteiger partial charge in [0.05, 0.1) is 0 Å². The van der Waals surface area contributed by atoms with Gasteiger partial charge in [-0.05, 0) is 6.54 Å². The van der Waals surface area contributed by atoms with Gasteiger partial charge in [0.2, 0.25) is 0 Å². The van der Waals surface area contributed by atoms with E-state index in [1.807, 2.05) is 0 Å². The Morgan fingerprint density at radius 3 is 1.78 bits per heavy atom. The van der Waals surface area contributed by atoms with E-state index in [0.29, 0.717) is 0 Å². The molecule has 0 aromatic rings. The molecule has 2 N–H and O–H groups in total. The topological polar surface area (TPSA) is 26.0 Å². The van der Waals surface area contributed by atoms with Crippen LogP contribution in [0.4, 0.5) is 0 Å². The van der Waals surface area contributed by atoms with Crippen LogP contribution in [0.15, 0.2) is 0 Å². The molecule has 0 aliphatic heterocycles. The van der Waals surface area contributed by atoms with Gasteiger partial charge >= 0.3 is 0 Å². The molecule has 0 saturated heterocycles. The normalized spacial score (nSPS) is 9.33. The van der Waals surface area contributed by atoms with E-state index in [0.717, 1.165) is 13.0 Å². The molecule has 0 rings (SSSR count). The summed E-state index contributed by atoms with van der Waals surface area (Å²) in [5.41, 5.74) is 5.36. The average molecular weight is 227 g/mol. The van der Waals surface area contributed by atoms with Crippen molar-refractivity contribution in [2.24, 2.45) is 5.73 Å². The van der Waals surface area contributed by atoms with Crippen molar-refractivity contribution in [2.45, 2.75) is 33.1 Å². The van der Waals surface area contributed by atoms with E-state index in [2.05, 4.69) is 13.8 Å². The Kier molecular flexibility index (Phi) is 12.4. The second-order valence-electron chi connectivity index (χ2n) is 2.00. The fraction of sp³-hybridized carbons (Fsp3) is 0.857. The van der Waals surface area contributed by atoms with Gasteiger partial charge in [-0.2, -0.15) is 19.3 Å². The maximum absolute atomic E-state index is 5.36. The molecule has 0 atom stereocenters. The van der Waals surface area contributed by atoms with E-state index < -0.39 is 0 Å². The molecule has 0 aliphatic rings. The van der Waals surface area contributed by atoms with Crippen LogP contribution in [0.5, 0.6) is 0 Å². The minimum atomic E-state index is 0. The Bertz CT molecular complexity index is 44.2. The predicted octanol–water partition coefficient (Wildman–Crippen LogP) is 1.73. The standard InChI is InChI=1S/C7H16N.Cd/c1-3-7(4-2)5-6-8;/h3-6,8H2,1-2H3;/q-1;. The molecule has 0 fully saturated rings. The minimum Gasteiger partial charge on any atom is -0.333 e. The van der Waals surface area contributed by atoms with Gasteiger partial charge in [-0.25, -0.2) is 0 Å². The molecule has 0 aliphatic carbocycles. The van der Waals surface area contributed by atoms with Gasteiger partial charge in [-0.3, -0.25) is 0 Å². The minimum absolute atomic E-state index is 0. The van der Waals surface area contributed by atoms with Gasteiger partial charge in [0.1, 0.15) is 0 Å². The van der Waals surface area contributed by atoms with Crippen LogP contribution in [0.2, 0.25) is 0 Å². The molecule has 52 valence electrons. The van der Waals surface area contributed by atoms with Gasteiger partial charge in [-0.1, -0.05) is 13.8 Å². The maximum Gasteiger partial charge on any atom is 0 e. The molecule has 0 saturated carbocycles. The van der Waals surface area contributed by atoms with Crippen LogP contribution < -0.4 is 5.73 Å². The Balaban J connectivity index is 0. The second-order valence-corrected chi connectivity index (χ2v) is 2.00. The zero-order valence-electron chi connectivity index (χ0n) is 6.61. The van der Waals surface area contributed by atoms with Gasteiger partial charge in [-0.15, -0.1) is 0 Å². The number of hydrogen-bond donors (Lipinski definition) is 1. The first-order chi connectivity index (χ1) is 3.85. The van der Waals surface area contributed by atoms with Crippen LogP contribution in [0, 0.1) is 5.92 Å². The molecule has 1 nitrogen and oxygen atoms in total. The van der Waals surface area contributed by atoms with Gasteiger partial charge < -0.3 is 11.7 Å². The molecule has 9 heavy (non-hydrogen) atoms.